The van der Waals surface area contributed by atoms with Gasteiger partial charge < -0.3 is 5.32 Å². The lowest BCUT2D eigenvalue weighted by Crippen LogP contribution is -2.36. The summed E-state index contributed by atoms with van der Waals surface area (Å²) in [6, 6.07) is 12.8. The van der Waals surface area contributed by atoms with Crippen molar-refractivity contribution < 1.29 is 13.2 Å². The van der Waals surface area contributed by atoms with Crippen LogP contribution in [0, 0.1) is 6.92 Å². The molecule has 3 rings (SSSR count). The molecular formula is C19H22N2O3S. The standard InChI is InChI=1S/C19H22N2O3S/c1-3-25(23,24)21-12-4-5-16-13-17(10-11-18(16)21)20-19(22)15-8-6-14(2)7-9-15/h6-11,13H,3-5,12H2,1-2H3,(H,20,22). The smallest absolute Gasteiger partial charge is 0.255 e. The molecular weight excluding hydrogens is 336 g/mol. The van der Waals surface area contributed by atoms with Crippen LogP contribution < -0.4 is 9.62 Å². The van der Waals surface area contributed by atoms with Crippen molar-refractivity contribution in [3.8, 4) is 0 Å². The van der Waals surface area contributed by atoms with E-state index in [1.807, 2.05) is 25.1 Å². The minimum Gasteiger partial charge on any atom is -0.322 e. The van der Waals surface area contributed by atoms with Gasteiger partial charge in [0.2, 0.25) is 10.0 Å². The average Bonchev–Trinajstić information content (AvgIpc) is 2.61. The van der Waals surface area contributed by atoms with Gasteiger partial charge in [-0.15, -0.1) is 0 Å². The Bertz CT molecular complexity index is 889. The van der Waals surface area contributed by atoms with Crippen molar-refractivity contribution in [2.75, 3.05) is 21.9 Å². The van der Waals surface area contributed by atoms with Gasteiger partial charge in [-0.05, 0) is 62.6 Å². The molecule has 2 aromatic carbocycles. The highest BCUT2D eigenvalue weighted by Crippen LogP contribution is 2.31. The summed E-state index contributed by atoms with van der Waals surface area (Å²) in [5.41, 5.74) is 4.05. The van der Waals surface area contributed by atoms with Crippen LogP contribution in [0.25, 0.3) is 0 Å². The Morgan fingerprint density at radius 3 is 2.56 bits per heavy atom. The SMILES string of the molecule is CCS(=O)(=O)N1CCCc2cc(NC(=O)c3ccc(C)cc3)ccc21. The minimum atomic E-state index is -3.27. The van der Waals surface area contributed by atoms with E-state index in [1.165, 1.54) is 4.31 Å². The van der Waals surface area contributed by atoms with Gasteiger partial charge in [0.05, 0.1) is 11.4 Å². The van der Waals surface area contributed by atoms with Crippen molar-refractivity contribution in [3.63, 3.8) is 0 Å². The minimum absolute atomic E-state index is 0.0817. The molecule has 25 heavy (non-hydrogen) atoms. The van der Waals surface area contributed by atoms with Gasteiger partial charge in [0.15, 0.2) is 0 Å². The second kappa shape index (κ2) is 6.88. The Morgan fingerprint density at radius 2 is 1.88 bits per heavy atom. The molecule has 0 radical (unpaired) electrons. The number of nitrogens with zero attached hydrogens (tertiary/aromatic N) is 1. The molecule has 0 saturated carbocycles. The number of sulfonamides is 1. The van der Waals surface area contributed by atoms with Crippen LogP contribution in [0.3, 0.4) is 0 Å². The third kappa shape index (κ3) is 3.69. The summed E-state index contributed by atoms with van der Waals surface area (Å²) < 4.78 is 26.0. The Labute approximate surface area is 148 Å². The van der Waals surface area contributed by atoms with Crippen LogP contribution in [0.2, 0.25) is 0 Å². The second-order valence-corrected chi connectivity index (χ2v) is 8.42. The number of hydrogen-bond acceptors (Lipinski definition) is 3. The molecule has 1 N–H and O–H groups in total. The molecule has 0 saturated heterocycles. The lowest BCUT2D eigenvalue weighted by Gasteiger charge is -2.30. The highest BCUT2D eigenvalue weighted by molar-refractivity contribution is 7.92. The Kier molecular flexibility index (Phi) is 4.81. The number of carbonyl (C=O) groups is 1. The summed E-state index contributed by atoms with van der Waals surface area (Å²) >= 11 is 0. The van der Waals surface area contributed by atoms with Gasteiger partial charge >= 0.3 is 0 Å². The topological polar surface area (TPSA) is 66.5 Å². The van der Waals surface area contributed by atoms with E-state index in [1.54, 1.807) is 31.2 Å². The van der Waals surface area contributed by atoms with Gasteiger partial charge in [0, 0.05) is 17.8 Å². The zero-order chi connectivity index (χ0) is 18.0. The summed E-state index contributed by atoms with van der Waals surface area (Å²) in [5, 5.41) is 2.89. The third-order valence-corrected chi connectivity index (χ3v) is 6.21. The molecule has 1 heterocycles. The van der Waals surface area contributed by atoms with Crippen molar-refractivity contribution in [2.45, 2.75) is 26.7 Å². The van der Waals surface area contributed by atoms with Crippen LogP contribution in [-0.4, -0.2) is 26.6 Å². The molecule has 1 amide bonds. The fourth-order valence-electron chi connectivity index (χ4n) is 2.99. The van der Waals surface area contributed by atoms with Crippen molar-refractivity contribution in [1.82, 2.24) is 0 Å². The molecule has 0 bridgehead atoms. The summed E-state index contributed by atoms with van der Waals surface area (Å²) in [6.45, 7) is 4.14. The van der Waals surface area contributed by atoms with Crippen LogP contribution in [0.1, 0.15) is 34.8 Å². The molecule has 0 unspecified atom stereocenters. The van der Waals surface area contributed by atoms with Crippen LogP contribution in [0.5, 0.6) is 0 Å². The van der Waals surface area contributed by atoms with Gasteiger partial charge in [0.25, 0.3) is 5.91 Å². The molecule has 5 nitrogen and oxygen atoms in total. The number of hydrogen-bond donors (Lipinski definition) is 1. The van der Waals surface area contributed by atoms with Gasteiger partial charge in [-0.25, -0.2) is 8.42 Å². The van der Waals surface area contributed by atoms with E-state index < -0.39 is 10.0 Å². The molecule has 1 aliphatic rings. The molecule has 0 spiro atoms. The number of carbonyl (C=O) groups excluding carboxylic acids is 1. The number of aryl methyl sites for hydroxylation is 2. The van der Waals surface area contributed by atoms with E-state index in [9.17, 15) is 13.2 Å². The summed E-state index contributed by atoms with van der Waals surface area (Å²) in [4.78, 5) is 12.3. The highest BCUT2D eigenvalue weighted by Gasteiger charge is 2.26. The predicted octanol–water partition coefficient (Wildman–Crippen LogP) is 3.35. The number of rotatable bonds is 4. The van der Waals surface area contributed by atoms with Crippen LogP contribution in [-0.2, 0) is 16.4 Å². The van der Waals surface area contributed by atoms with Crippen LogP contribution >= 0.6 is 0 Å². The number of amides is 1. The van der Waals surface area contributed by atoms with E-state index in [0.29, 0.717) is 17.8 Å². The number of nitrogens with one attached hydrogen (secondary N) is 1. The van der Waals surface area contributed by atoms with Crippen molar-refractivity contribution in [3.05, 3.63) is 59.2 Å². The van der Waals surface area contributed by atoms with Gasteiger partial charge in [-0.3, -0.25) is 9.10 Å². The number of fused-ring (bicyclic) bond motifs is 1. The van der Waals surface area contributed by atoms with Crippen LogP contribution in [0.15, 0.2) is 42.5 Å². The first-order valence-electron chi connectivity index (χ1n) is 8.42. The Hall–Kier alpha value is -2.34. The molecule has 1 aliphatic heterocycles. The third-order valence-electron chi connectivity index (χ3n) is 4.43. The normalized spacial score (nSPS) is 14.1. The molecule has 0 fully saturated rings. The quantitative estimate of drug-likeness (QED) is 0.911. The first-order chi connectivity index (χ1) is 11.9. The molecule has 0 aliphatic carbocycles. The molecule has 2 aromatic rings. The lowest BCUT2D eigenvalue weighted by atomic mass is 10.0. The first-order valence-corrected chi connectivity index (χ1v) is 10.0. The Morgan fingerprint density at radius 1 is 1.16 bits per heavy atom. The molecule has 6 heteroatoms. The zero-order valence-corrected chi connectivity index (χ0v) is 15.3. The predicted molar refractivity (Wildman–Crippen MR) is 101 cm³/mol. The van der Waals surface area contributed by atoms with E-state index in [-0.39, 0.29) is 11.7 Å². The van der Waals surface area contributed by atoms with Crippen molar-refractivity contribution in [1.29, 1.82) is 0 Å². The van der Waals surface area contributed by atoms with Gasteiger partial charge in [-0.2, -0.15) is 0 Å². The maximum absolute atomic E-state index is 12.3. The lowest BCUT2D eigenvalue weighted by molar-refractivity contribution is 0.102. The zero-order valence-electron chi connectivity index (χ0n) is 14.5. The summed E-state index contributed by atoms with van der Waals surface area (Å²) in [5.74, 6) is -0.0907. The largest absolute Gasteiger partial charge is 0.322 e. The molecule has 132 valence electrons. The highest BCUT2D eigenvalue weighted by atomic mass is 32.2. The van der Waals surface area contributed by atoms with E-state index in [4.69, 9.17) is 0 Å². The van der Waals surface area contributed by atoms with E-state index in [2.05, 4.69) is 5.32 Å². The maximum atomic E-state index is 12.3. The molecule has 0 aromatic heterocycles. The average molecular weight is 358 g/mol. The number of benzene rings is 2. The number of anilines is 2. The summed E-state index contributed by atoms with van der Waals surface area (Å²) in [7, 11) is -3.27. The Balaban J connectivity index is 1.84. The van der Waals surface area contributed by atoms with Crippen molar-refractivity contribution >= 4 is 27.3 Å². The maximum Gasteiger partial charge on any atom is 0.255 e. The van der Waals surface area contributed by atoms with Gasteiger partial charge in [0.1, 0.15) is 0 Å². The summed E-state index contributed by atoms with van der Waals surface area (Å²) in [6.07, 6.45) is 1.58. The van der Waals surface area contributed by atoms with E-state index in [0.717, 1.165) is 29.7 Å². The van der Waals surface area contributed by atoms with Crippen molar-refractivity contribution in [2.24, 2.45) is 0 Å². The van der Waals surface area contributed by atoms with Crippen LogP contribution in [0.4, 0.5) is 11.4 Å². The monoisotopic (exact) mass is 358 g/mol. The van der Waals surface area contributed by atoms with E-state index >= 15 is 0 Å². The molecule has 0 atom stereocenters. The first kappa shape index (κ1) is 17.5. The fraction of sp³-hybridized carbons (Fsp3) is 0.316. The fourth-order valence-corrected chi connectivity index (χ4v) is 4.19. The van der Waals surface area contributed by atoms with Gasteiger partial charge in [-0.1, -0.05) is 17.7 Å². The second-order valence-electron chi connectivity index (χ2n) is 6.24.